The van der Waals surface area contributed by atoms with Gasteiger partial charge in [-0.3, -0.25) is 4.90 Å². The van der Waals surface area contributed by atoms with Crippen LogP contribution in [0.15, 0.2) is 42.5 Å². The normalized spacial score (nSPS) is 13.7. The Bertz CT molecular complexity index is 798. The monoisotopic (exact) mass is 326 g/mol. The molecule has 0 saturated heterocycles. The summed E-state index contributed by atoms with van der Waals surface area (Å²) in [5.74, 6) is 1.69. The number of hydrogen-bond acceptors (Lipinski definition) is 5. The van der Waals surface area contributed by atoms with E-state index in [9.17, 15) is 0 Å². The Morgan fingerprint density at radius 3 is 2.74 bits per heavy atom. The van der Waals surface area contributed by atoms with Gasteiger partial charge in [-0.25, -0.2) is 4.98 Å². The van der Waals surface area contributed by atoms with Crippen LogP contribution in [0.1, 0.15) is 10.6 Å². The van der Waals surface area contributed by atoms with Gasteiger partial charge >= 0.3 is 0 Å². The minimum atomic E-state index is 0.623. The molecule has 23 heavy (non-hydrogen) atoms. The molecule has 0 aliphatic carbocycles. The third-order valence-corrected chi connectivity index (χ3v) is 4.82. The number of aromatic nitrogens is 1. The quantitative estimate of drug-likeness (QED) is 0.732. The lowest BCUT2D eigenvalue weighted by atomic mass is 10.2. The summed E-state index contributed by atoms with van der Waals surface area (Å²) in [6.07, 6.45) is 0. The molecule has 118 valence electrons. The highest BCUT2D eigenvalue weighted by Gasteiger charge is 2.13. The fourth-order valence-electron chi connectivity index (χ4n) is 2.77. The summed E-state index contributed by atoms with van der Waals surface area (Å²) in [6, 6.07) is 14.4. The Morgan fingerprint density at radius 2 is 1.87 bits per heavy atom. The summed E-state index contributed by atoms with van der Waals surface area (Å²) in [4.78, 5) is 6.96. The maximum Gasteiger partial charge on any atom is 0.161 e. The fourth-order valence-corrected chi connectivity index (χ4v) is 3.82. The van der Waals surface area contributed by atoms with E-state index in [0.29, 0.717) is 13.2 Å². The van der Waals surface area contributed by atoms with Crippen molar-refractivity contribution in [3.63, 3.8) is 0 Å². The van der Waals surface area contributed by atoms with E-state index in [0.717, 1.165) is 35.1 Å². The van der Waals surface area contributed by atoms with Crippen LogP contribution >= 0.6 is 11.3 Å². The molecule has 5 heteroatoms. The maximum absolute atomic E-state index is 5.65. The van der Waals surface area contributed by atoms with Crippen LogP contribution in [0.5, 0.6) is 11.5 Å². The van der Waals surface area contributed by atoms with E-state index in [2.05, 4.69) is 42.3 Å². The van der Waals surface area contributed by atoms with E-state index in [-0.39, 0.29) is 0 Å². The molecule has 0 amide bonds. The van der Waals surface area contributed by atoms with Gasteiger partial charge in [-0.05, 0) is 36.9 Å². The SMILES string of the molecule is CN(Cc1ccc2c(c1)OCCO2)Cc1nc2ccccc2s1. The van der Waals surface area contributed by atoms with Crippen molar-refractivity contribution in [3.8, 4) is 11.5 Å². The number of hydrogen-bond donors (Lipinski definition) is 0. The van der Waals surface area contributed by atoms with Crippen LogP contribution in [0.25, 0.3) is 10.2 Å². The molecule has 0 fully saturated rings. The number of benzene rings is 2. The topological polar surface area (TPSA) is 34.6 Å². The van der Waals surface area contributed by atoms with Crippen molar-refractivity contribution in [1.82, 2.24) is 9.88 Å². The zero-order chi connectivity index (χ0) is 15.6. The molecule has 1 aliphatic rings. The molecule has 0 radical (unpaired) electrons. The van der Waals surface area contributed by atoms with Crippen molar-refractivity contribution in [2.75, 3.05) is 20.3 Å². The molecule has 4 rings (SSSR count). The molecule has 3 aromatic rings. The standard InChI is InChI=1S/C18H18N2O2S/c1-20(12-18-19-14-4-2-3-5-17(14)23-18)11-13-6-7-15-16(10-13)22-9-8-21-15/h2-7,10H,8-9,11-12H2,1H3. The van der Waals surface area contributed by atoms with Crippen LogP contribution in [-0.2, 0) is 13.1 Å². The first-order chi connectivity index (χ1) is 11.3. The molecule has 2 aromatic carbocycles. The maximum atomic E-state index is 5.65. The lowest BCUT2D eigenvalue weighted by Gasteiger charge is -2.20. The summed E-state index contributed by atoms with van der Waals surface area (Å²) in [5, 5.41) is 1.14. The Kier molecular flexibility index (Phi) is 3.89. The van der Waals surface area contributed by atoms with Crippen molar-refractivity contribution >= 4 is 21.6 Å². The van der Waals surface area contributed by atoms with E-state index in [1.807, 2.05) is 12.1 Å². The Balaban J connectivity index is 1.46. The highest BCUT2D eigenvalue weighted by atomic mass is 32.1. The van der Waals surface area contributed by atoms with E-state index in [1.54, 1.807) is 11.3 Å². The summed E-state index contributed by atoms with van der Waals surface area (Å²) in [6.45, 7) is 2.95. The van der Waals surface area contributed by atoms with Gasteiger partial charge in [0.05, 0.1) is 16.8 Å². The van der Waals surface area contributed by atoms with Crippen molar-refractivity contribution < 1.29 is 9.47 Å². The first kappa shape index (κ1) is 14.5. The molecule has 1 aliphatic heterocycles. The van der Waals surface area contributed by atoms with Crippen molar-refractivity contribution in [2.24, 2.45) is 0 Å². The van der Waals surface area contributed by atoms with Crippen LogP contribution in [0, 0.1) is 0 Å². The number of thiazole rings is 1. The summed E-state index contributed by atoms with van der Waals surface area (Å²) in [7, 11) is 2.11. The lowest BCUT2D eigenvalue weighted by molar-refractivity contribution is 0.171. The van der Waals surface area contributed by atoms with Gasteiger partial charge in [-0.1, -0.05) is 18.2 Å². The third kappa shape index (κ3) is 3.16. The molecule has 0 bridgehead atoms. The van der Waals surface area contributed by atoms with Gasteiger partial charge in [0, 0.05) is 6.54 Å². The van der Waals surface area contributed by atoms with E-state index in [1.165, 1.54) is 10.3 Å². The average molecular weight is 326 g/mol. The second kappa shape index (κ2) is 6.18. The van der Waals surface area contributed by atoms with Crippen LogP contribution in [0.2, 0.25) is 0 Å². The smallest absolute Gasteiger partial charge is 0.161 e. The van der Waals surface area contributed by atoms with Crippen LogP contribution in [-0.4, -0.2) is 30.1 Å². The molecular weight excluding hydrogens is 308 g/mol. The van der Waals surface area contributed by atoms with Crippen LogP contribution in [0.3, 0.4) is 0 Å². The highest BCUT2D eigenvalue weighted by Crippen LogP contribution is 2.31. The Hall–Kier alpha value is -2.11. The van der Waals surface area contributed by atoms with E-state index in [4.69, 9.17) is 14.5 Å². The molecule has 4 nitrogen and oxygen atoms in total. The molecule has 0 saturated carbocycles. The first-order valence-corrected chi connectivity index (χ1v) is 8.51. The fraction of sp³-hybridized carbons (Fsp3) is 0.278. The number of fused-ring (bicyclic) bond motifs is 2. The second-order valence-electron chi connectivity index (χ2n) is 5.73. The summed E-state index contributed by atoms with van der Waals surface area (Å²) >= 11 is 1.76. The van der Waals surface area contributed by atoms with Gasteiger partial charge in [0.1, 0.15) is 18.2 Å². The molecule has 0 spiro atoms. The minimum absolute atomic E-state index is 0.623. The van der Waals surface area contributed by atoms with E-state index >= 15 is 0 Å². The lowest BCUT2D eigenvalue weighted by Crippen LogP contribution is -2.18. The third-order valence-electron chi connectivity index (χ3n) is 3.80. The van der Waals surface area contributed by atoms with Crippen LogP contribution in [0.4, 0.5) is 0 Å². The first-order valence-electron chi connectivity index (χ1n) is 7.69. The van der Waals surface area contributed by atoms with Crippen molar-refractivity contribution in [2.45, 2.75) is 13.1 Å². The number of nitrogens with zero attached hydrogens (tertiary/aromatic N) is 2. The molecule has 0 atom stereocenters. The summed E-state index contributed by atoms with van der Waals surface area (Å²) in [5.41, 5.74) is 2.30. The van der Waals surface area contributed by atoms with Crippen molar-refractivity contribution in [1.29, 1.82) is 0 Å². The zero-order valence-electron chi connectivity index (χ0n) is 13.0. The zero-order valence-corrected chi connectivity index (χ0v) is 13.8. The molecule has 0 N–H and O–H groups in total. The number of rotatable bonds is 4. The highest BCUT2D eigenvalue weighted by molar-refractivity contribution is 7.18. The largest absolute Gasteiger partial charge is 0.486 e. The number of para-hydroxylation sites is 1. The molecule has 1 aromatic heterocycles. The van der Waals surface area contributed by atoms with Gasteiger partial charge in [-0.15, -0.1) is 11.3 Å². The van der Waals surface area contributed by atoms with Gasteiger partial charge in [0.2, 0.25) is 0 Å². The van der Waals surface area contributed by atoms with Gasteiger partial charge in [0.25, 0.3) is 0 Å². The van der Waals surface area contributed by atoms with Gasteiger partial charge in [-0.2, -0.15) is 0 Å². The Labute approximate surface area is 139 Å². The predicted molar refractivity (Wildman–Crippen MR) is 92.2 cm³/mol. The summed E-state index contributed by atoms with van der Waals surface area (Å²) < 4.78 is 12.5. The van der Waals surface area contributed by atoms with Gasteiger partial charge in [0.15, 0.2) is 11.5 Å². The molecular formula is C18H18N2O2S. The van der Waals surface area contributed by atoms with E-state index < -0.39 is 0 Å². The molecule has 0 unspecified atom stereocenters. The average Bonchev–Trinajstić information content (AvgIpc) is 2.96. The second-order valence-corrected chi connectivity index (χ2v) is 6.84. The molecule has 2 heterocycles. The number of ether oxygens (including phenoxy) is 2. The van der Waals surface area contributed by atoms with Crippen molar-refractivity contribution in [3.05, 3.63) is 53.0 Å². The minimum Gasteiger partial charge on any atom is -0.486 e. The van der Waals surface area contributed by atoms with Crippen LogP contribution < -0.4 is 9.47 Å². The van der Waals surface area contributed by atoms with Gasteiger partial charge < -0.3 is 9.47 Å². The predicted octanol–water partition coefficient (Wildman–Crippen LogP) is 3.70. The Morgan fingerprint density at radius 1 is 1.04 bits per heavy atom.